The molecular formula is C12H24NO+. The van der Waals surface area contributed by atoms with Gasteiger partial charge in [-0.15, -0.1) is 0 Å². The number of quaternary nitrogens is 1. The summed E-state index contributed by atoms with van der Waals surface area (Å²) in [4.78, 5) is 1.71. The lowest BCUT2D eigenvalue weighted by Gasteiger charge is -2.38. The highest BCUT2D eigenvalue weighted by molar-refractivity contribution is 4.88. The Balaban J connectivity index is 2.06. The molecule has 1 saturated heterocycles. The fourth-order valence-electron chi connectivity index (χ4n) is 3.67. The molecule has 0 bridgehead atoms. The number of nitrogens with one attached hydrogen (secondary N) is 1. The molecule has 1 aliphatic heterocycles. The molecule has 2 heteroatoms. The highest BCUT2D eigenvalue weighted by atomic mass is 16.3. The van der Waals surface area contributed by atoms with Gasteiger partial charge < -0.3 is 10.0 Å². The highest BCUT2D eigenvalue weighted by Crippen LogP contribution is 2.41. The van der Waals surface area contributed by atoms with Gasteiger partial charge in [0.2, 0.25) is 0 Å². The van der Waals surface area contributed by atoms with Gasteiger partial charge in [-0.2, -0.15) is 0 Å². The molecule has 1 heterocycles. The molecule has 4 unspecified atom stereocenters. The average Bonchev–Trinajstić information content (AvgIpc) is 2.59. The topological polar surface area (TPSA) is 24.7 Å². The zero-order valence-electron chi connectivity index (χ0n) is 9.50. The van der Waals surface area contributed by atoms with Gasteiger partial charge in [-0.25, -0.2) is 0 Å². The number of hydrogen-bond acceptors (Lipinski definition) is 1. The fraction of sp³-hybridized carbons (Fsp3) is 1.00. The van der Waals surface area contributed by atoms with Crippen LogP contribution < -0.4 is 4.90 Å². The van der Waals surface area contributed by atoms with Crippen molar-refractivity contribution in [2.45, 2.75) is 26.7 Å². The van der Waals surface area contributed by atoms with E-state index in [0.717, 1.165) is 17.8 Å². The molecule has 0 amide bonds. The smallest absolute Gasteiger partial charge is 0.0824 e. The van der Waals surface area contributed by atoms with E-state index in [1.165, 1.54) is 32.5 Å². The van der Waals surface area contributed by atoms with E-state index in [4.69, 9.17) is 0 Å². The number of fused-ring (bicyclic) bond motifs is 1. The van der Waals surface area contributed by atoms with E-state index in [0.29, 0.717) is 12.5 Å². The van der Waals surface area contributed by atoms with E-state index in [2.05, 4.69) is 13.8 Å². The second kappa shape index (κ2) is 4.19. The summed E-state index contributed by atoms with van der Waals surface area (Å²) in [5.74, 6) is 3.23. The molecule has 1 aliphatic carbocycles. The third-order valence-electron chi connectivity index (χ3n) is 4.65. The van der Waals surface area contributed by atoms with Gasteiger partial charge in [0.15, 0.2) is 0 Å². The zero-order chi connectivity index (χ0) is 10.1. The van der Waals surface area contributed by atoms with Crippen LogP contribution >= 0.6 is 0 Å². The van der Waals surface area contributed by atoms with Crippen molar-refractivity contribution in [2.75, 3.05) is 26.2 Å². The van der Waals surface area contributed by atoms with Crippen molar-refractivity contribution in [1.29, 1.82) is 0 Å². The molecule has 2 rings (SSSR count). The predicted molar refractivity (Wildman–Crippen MR) is 57.2 cm³/mol. The Kier molecular flexibility index (Phi) is 3.13. The maximum absolute atomic E-state index is 9.42. The molecule has 0 radical (unpaired) electrons. The SMILES string of the molecule is CC[NH+]1CC(CO)C2CC[C@H](C)C2C1. The van der Waals surface area contributed by atoms with Crippen LogP contribution in [0.3, 0.4) is 0 Å². The summed E-state index contributed by atoms with van der Waals surface area (Å²) in [6.07, 6.45) is 2.76. The molecule has 2 fully saturated rings. The Hall–Kier alpha value is -0.0800. The summed E-state index contributed by atoms with van der Waals surface area (Å²) in [6, 6.07) is 0. The standard InChI is InChI=1S/C12H23NO/c1-3-13-6-10(8-14)11-5-4-9(2)12(11)7-13/h9-12,14H,3-8H2,1-2H3/p+1/t9-,10?,11?,12?/m0/s1. The summed E-state index contributed by atoms with van der Waals surface area (Å²) in [5.41, 5.74) is 0. The van der Waals surface area contributed by atoms with E-state index in [1.54, 1.807) is 4.90 Å². The first-order valence-electron chi connectivity index (χ1n) is 6.20. The molecular weight excluding hydrogens is 174 g/mol. The van der Waals surface area contributed by atoms with Gasteiger partial charge >= 0.3 is 0 Å². The molecule has 2 aliphatic rings. The van der Waals surface area contributed by atoms with Crippen LogP contribution in [0.25, 0.3) is 0 Å². The molecule has 2 N–H and O–H groups in total. The van der Waals surface area contributed by atoms with Crippen molar-refractivity contribution in [3.05, 3.63) is 0 Å². The Labute approximate surface area is 87.3 Å². The van der Waals surface area contributed by atoms with Gasteiger partial charge in [0.05, 0.1) is 26.2 Å². The van der Waals surface area contributed by atoms with Gasteiger partial charge in [0.1, 0.15) is 0 Å². The maximum Gasteiger partial charge on any atom is 0.0824 e. The monoisotopic (exact) mass is 198 g/mol. The lowest BCUT2D eigenvalue weighted by atomic mass is 9.78. The van der Waals surface area contributed by atoms with Gasteiger partial charge in [0.25, 0.3) is 0 Å². The summed E-state index contributed by atoms with van der Waals surface area (Å²) in [7, 11) is 0. The number of aliphatic hydroxyl groups is 1. The van der Waals surface area contributed by atoms with Crippen LogP contribution in [0.1, 0.15) is 26.7 Å². The van der Waals surface area contributed by atoms with Crippen molar-refractivity contribution in [3.63, 3.8) is 0 Å². The lowest BCUT2D eigenvalue weighted by molar-refractivity contribution is -0.913. The van der Waals surface area contributed by atoms with Crippen molar-refractivity contribution >= 4 is 0 Å². The van der Waals surface area contributed by atoms with Crippen LogP contribution in [0.5, 0.6) is 0 Å². The van der Waals surface area contributed by atoms with E-state index in [1.807, 2.05) is 0 Å². The first-order chi connectivity index (χ1) is 6.76. The van der Waals surface area contributed by atoms with Crippen molar-refractivity contribution in [1.82, 2.24) is 0 Å². The molecule has 0 aromatic carbocycles. The van der Waals surface area contributed by atoms with Gasteiger partial charge in [-0.3, -0.25) is 0 Å². The second-order valence-electron chi connectivity index (χ2n) is 5.34. The third kappa shape index (κ3) is 1.70. The van der Waals surface area contributed by atoms with Crippen LogP contribution in [0, 0.1) is 23.7 Å². The lowest BCUT2D eigenvalue weighted by Crippen LogP contribution is -3.14. The molecule has 1 saturated carbocycles. The van der Waals surface area contributed by atoms with Gasteiger partial charge in [-0.1, -0.05) is 6.92 Å². The minimum Gasteiger partial charge on any atom is -0.396 e. The first-order valence-corrected chi connectivity index (χ1v) is 6.20. The second-order valence-corrected chi connectivity index (χ2v) is 5.34. The van der Waals surface area contributed by atoms with E-state index >= 15 is 0 Å². The van der Waals surface area contributed by atoms with Crippen LogP contribution in [0.2, 0.25) is 0 Å². The number of likely N-dealkylation sites (tertiary alicyclic amines) is 1. The highest BCUT2D eigenvalue weighted by Gasteiger charge is 2.44. The predicted octanol–water partition coefficient (Wildman–Crippen LogP) is 0.176. The zero-order valence-corrected chi connectivity index (χ0v) is 9.50. The molecule has 14 heavy (non-hydrogen) atoms. The van der Waals surface area contributed by atoms with Crippen LogP contribution in [0.15, 0.2) is 0 Å². The Bertz CT molecular complexity index is 195. The van der Waals surface area contributed by atoms with Crippen molar-refractivity contribution in [2.24, 2.45) is 23.7 Å². The molecule has 2 nitrogen and oxygen atoms in total. The van der Waals surface area contributed by atoms with E-state index < -0.39 is 0 Å². The number of hydrogen-bond donors (Lipinski definition) is 2. The number of aliphatic hydroxyl groups excluding tert-OH is 1. The Morgan fingerprint density at radius 1 is 1.21 bits per heavy atom. The van der Waals surface area contributed by atoms with Gasteiger partial charge in [0, 0.05) is 11.8 Å². The normalized spacial score (nSPS) is 47.8. The minimum atomic E-state index is 0.414. The summed E-state index contributed by atoms with van der Waals surface area (Å²) in [6.45, 7) is 8.88. The van der Waals surface area contributed by atoms with Crippen LogP contribution in [-0.2, 0) is 0 Å². The largest absolute Gasteiger partial charge is 0.396 e. The van der Waals surface area contributed by atoms with E-state index in [9.17, 15) is 5.11 Å². The Morgan fingerprint density at radius 3 is 2.64 bits per heavy atom. The van der Waals surface area contributed by atoms with Gasteiger partial charge in [-0.05, 0) is 31.6 Å². The number of rotatable bonds is 2. The summed E-state index contributed by atoms with van der Waals surface area (Å²) in [5, 5.41) is 9.42. The molecule has 0 aromatic rings. The molecule has 5 atom stereocenters. The molecule has 0 aromatic heterocycles. The third-order valence-corrected chi connectivity index (χ3v) is 4.65. The minimum absolute atomic E-state index is 0.414. The Morgan fingerprint density at radius 2 is 2.00 bits per heavy atom. The quantitative estimate of drug-likeness (QED) is 0.650. The van der Waals surface area contributed by atoms with Crippen LogP contribution in [0.4, 0.5) is 0 Å². The first kappa shape index (κ1) is 10.4. The van der Waals surface area contributed by atoms with Crippen molar-refractivity contribution < 1.29 is 10.0 Å². The van der Waals surface area contributed by atoms with Crippen molar-refractivity contribution in [3.8, 4) is 0 Å². The average molecular weight is 198 g/mol. The number of piperidine rings is 1. The molecule has 0 spiro atoms. The fourth-order valence-corrected chi connectivity index (χ4v) is 3.67. The summed E-state index contributed by atoms with van der Waals surface area (Å²) >= 11 is 0. The van der Waals surface area contributed by atoms with E-state index in [-0.39, 0.29) is 0 Å². The maximum atomic E-state index is 9.42. The summed E-state index contributed by atoms with van der Waals surface area (Å²) < 4.78 is 0. The molecule has 82 valence electrons. The van der Waals surface area contributed by atoms with Crippen LogP contribution in [-0.4, -0.2) is 31.3 Å².